The van der Waals surface area contributed by atoms with Gasteiger partial charge in [0, 0.05) is 0 Å². The quantitative estimate of drug-likeness (QED) is 0.414. The van der Waals surface area contributed by atoms with Gasteiger partial charge in [-0.1, -0.05) is 0 Å². The fraction of sp³-hybridized carbons (Fsp3) is 1.00. The van der Waals surface area contributed by atoms with Crippen LogP contribution in [-0.4, -0.2) is 29.4 Å². The molecule has 0 aromatic rings. The predicted octanol–water partition coefficient (Wildman–Crippen LogP) is -0.777. The molecule has 0 aliphatic carbocycles. The van der Waals surface area contributed by atoms with Crippen molar-refractivity contribution in [2.75, 3.05) is 12.5 Å². The topological polar surface area (TPSA) is 9.23 Å². The van der Waals surface area contributed by atoms with E-state index in [2.05, 4.69) is 4.74 Å². The molecule has 0 rings (SSSR count). The van der Waals surface area contributed by atoms with Gasteiger partial charge in [0.05, 0.1) is 0 Å². The summed E-state index contributed by atoms with van der Waals surface area (Å²) >= 11 is 1.60. The van der Waals surface area contributed by atoms with Crippen molar-refractivity contribution in [1.82, 2.24) is 0 Å². The standard InChI is InChI=1S/C2H7AsO/c1-4-2-3/h2-3H2,1H3. The third kappa shape index (κ3) is 2.52. The molecule has 1 nitrogen and oxygen atoms in total. The Hall–Kier alpha value is 0.518. The first-order chi connectivity index (χ1) is 1.91. The van der Waals surface area contributed by atoms with Crippen LogP contribution in [0.15, 0.2) is 0 Å². The SMILES string of the molecule is COC[AsH2]. The van der Waals surface area contributed by atoms with Crippen molar-refractivity contribution in [3.8, 4) is 0 Å². The van der Waals surface area contributed by atoms with E-state index in [1.807, 2.05) is 0 Å². The third-order valence-corrected chi connectivity index (χ3v) is 0.866. The van der Waals surface area contributed by atoms with Crippen LogP contribution in [0.1, 0.15) is 0 Å². The Bertz CT molecular complexity index is 8.00. The zero-order chi connectivity index (χ0) is 3.41. The van der Waals surface area contributed by atoms with Gasteiger partial charge in [0.2, 0.25) is 0 Å². The molecule has 0 amide bonds. The predicted molar refractivity (Wildman–Crippen MR) is 20.4 cm³/mol. The van der Waals surface area contributed by atoms with E-state index in [-0.39, 0.29) is 0 Å². The zero-order valence-electron chi connectivity index (χ0n) is 2.69. The maximum absolute atomic E-state index is 4.57. The van der Waals surface area contributed by atoms with Crippen LogP contribution < -0.4 is 0 Å². The van der Waals surface area contributed by atoms with E-state index in [0.717, 1.165) is 5.39 Å². The Kier molecular flexibility index (Phi) is 3.97. The number of hydrogen-bond donors (Lipinski definition) is 0. The first-order valence-electron chi connectivity index (χ1n) is 1.11. The van der Waals surface area contributed by atoms with E-state index in [1.54, 1.807) is 24.0 Å². The summed E-state index contributed by atoms with van der Waals surface area (Å²) in [5.41, 5.74) is 0. The van der Waals surface area contributed by atoms with Gasteiger partial charge >= 0.3 is 34.1 Å². The third-order valence-electron chi connectivity index (χ3n) is 0.167. The molecule has 0 aromatic heterocycles. The molecule has 1 atom stereocenters. The molecule has 1 unspecified atom stereocenters. The van der Waals surface area contributed by atoms with Crippen LogP contribution in [0, 0.1) is 0 Å². The summed E-state index contributed by atoms with van der Waals surface area (Å²) in [6.45, 7) is 0. The first kappa shape index (κ1) is 4.52. The minimum atomic E-state index is 0.882. The number of hydrogen-bond acceptors (Lipinski definition) is 1. The van der Waals surface area contributed by atoms with Crippen LogP contribution in [0.3, 0.4) is 0 Å². The van der Waals surface area contributed by atoms with Crippen molar-refractivity contribution in [2.24, 2.45) is 0 Å². The Morgan fingerprint density at radius 2 is 2.25 bits per heavy atom. The summed E-state index contributed by atoms with van der Waals surface area (Å²) in [5, 5.41) is 0.882. The van der Waals surface area contributed by atoms with Crippen molar-refractivity contribution < 1.29 is 4.74 Å². The Balaban J connectivity index is 1.97. The average molecular weight is 122 g/mol. The Labute approximate surface area is 34.8 Å². The van der Waals surface area contributed by atoms with Gasteiger partial charge in [0.1, 0.15) is 0 Å². The van der Waals surface area contributed by atoms with Crippen molar-refractivity contribution in [2.45, 2.75) is 0 Å². The minimum absolute atomic E-state index is 0.882. The Morgan fingerprint density at radius 3 is 2.25 bits per heavy atom. The molecule has 0 saturated carbocycles. The summed E-state index contributed by atoms with van der Waals surface area (Å²) < 4.78 is 4.57. The van der Waals surface area contributed by atoms with Crippen LogP contribution in [-0.2, 0) is 4.74 Å². The molecule has 0 aliphatic heterocycles. The summed E-state index contributed by atoms with van der Waals surface area (Å²) in [5.74, 6) is 0. The molecule has 0 N–H and O–H groups in total. The van der Waals surface area contributed by atoms with Crippen molar-refractivity contribution in [3.63, 3.8) is 0 Å². The molecule has 0 fully saturated rings. The normalized spacial score (nSPS) is 7.50. The van der Waals surface area contributed by atoms with Crippen LogP contribution in [0.25, 0.3) is 0 Å². The number of methoxy groups -OCH3 is 1. The monoisotopic (exact) mass is 122 g/mol. The molecule has 0 bridgehead atoms. The molecule has 0 saturated heterocycles. The van der Waals surface area contributed by atoms with Gasteiger partial charge in [-0.25, -0.2) is 0 Å². The van der Waals surface area contributed by atoms with E-state index >= 15 is 0 Å². The fourth-order valence-corrected chi connectivity index (χ4v) is 0. The first-order valence-corrected chi connectivity index (χ1v) is 2.82. The molecule has 0 heterocycles. The number of ether oxygens (including phenoxy) is 1. The molecule has 2 heteroatoms. The molecular weight excluding hydrogens is 115 g/mol. The van der Waals surface area contributed by atoms with Crippen LogP contribution >= 0.6 is 0 Å². The second-order valence-corrected chi connectivity index (χ2v) is 1.15. The molecule has 0 aromatic carbocycles. The van der Waals surface area contributed by atoms with E-state index < -0.39 is 0 Å². The summed E-state index contributed by atoms with van der Waals surface area (Å²) in [7, 11) is 1.70. The maximum atomic E-state index is 4.57. The van der Waals surface area contributed by atoms with Crippen molar-refractivity contribution >= 4 is 16.9 Å². The molecule has 4 heavy (non-hydrogen) atoms. The van der Waals surface area contributed by atoms with Gasteiger partial charge in [0.25, 0.3) is 0 Å². The summed E-state index contributed by atoms with van der Waals surface area (Å²) in [6, 6.07) is 0. The van der Waals surface area contributed by atoms with Crippen molar-refractivity contribution in [3.05, 3.63) is 0 Å². The molecule has 26 valence electrons. The van der Waals surface area contributed by atoms with Crippen molar-refractivity contribution in [1.29, 1.82) is 0 Å². The second-order valence-electron chi connectivity index (χ2n) is 0.455. The molecule has 0 spiro atoms. The van der Waals surface area contributed by atoms with Crippen LogP contribution in [0.2, 0.25) is 0 Å². The molecule has 0 aliphatic rings. The average Bonchev–Trinajstić information content (AvgIpc) is 1.37. The van der Waals surface area contributed by atoms with Crippen LogP contribution in [0.5, 0.6) is 0 Å². The van der Waals surface area contributed by atoms with Gasteiger partial charge in [-0.3, -0.25) is 0 Å². The van der Waals surface area contributed by atoms with Gasteiger partial charge in [-0.05, 0) is 0 Å². The fourth-order valence-electron chi connectivity index (χ4n) is 0. The van der Waals surface area contributed by atoms with Gasteiger partial charge in [-0.2, -0.15) is 0 Å². The van der Waals surface area contributed by atoms with E-state index in [4.69, 9.17) is 0 Å². The molecular formula is C2H7AsO. The van der Waals surface area contributed by atoms with E-state index in [1.165, 1.54) is 0 Å². The molecule has 0 radical (unpaired) electrons. The Morgan fingerprint density at radius 1 is 2.00 bits per heavy atom. The van der Waals surface area contributed by atoms with Gasteiger partial charge in [-0.15, -0.1) is 0 Å². The van der Waals surface area contributed by atoms with E-state index in [9.17, 15) is 0 Å². The van der Waals surface area contributed by atoms with Gasteiger partial charge in [0.15, 0.2) is 0 Å². The second kappa shape index (κ2) is 3.52. The summed E-state index contributed by atoms with van der Waals surface area (Å²) in [4.78, 5) is 0. The van der Waals surface area contributed by atoms with Crippen LogP contribution in [0.4, 0.5) is 0 Å². The van der Waals surface area contributed by atoms with E-state index in [0.29, 0.717) is 0 Å². The zero-order valence-corrected chi connectivity index (χ0v) is 5.12. The number of rotatable bonds is 1. The van der Waals surface area contributed by atoms with Gasteiger partial charge < -0.3 is 0 Å². The summed E-state index contributed by atoms with van der Waals surface area (Å²) in [6.07, 6.45) is 0.